The summed E-state index contributed by atoms with van der Waals surface area (Å²) < 4.78 is 4.61. The summed E-state index contributed by atoms with van der Waals surface area (Å²) in [5, 5.41) is 9.73. The van der Waals surface area contributed by atoms with Crippen molar-refractivity contribution in [1.29, 1.82) is 0 Å². The summed E-state index contributed by atoms with van der Waals surface area (Å²) in [5.74, 6) is -0.543. The van der Waals surface area contributed by atoms with Crippen LogP contribution in [0.15, 0.2) is 59.5 Å². The number of aromatic hydroxyl groups is 1. The van der Waals surface area contributed by atoms with E-state index in [1.54, 1.807) is 24.3 Å². The van der Waals surface area contributed by atoms with Crippen molar-refractivity contribution < 1.29 is 19.4 Å². The molecule has 27 heavy (non-hydrogen) atoms. The molecule has 0 fully saturated rings. The summed E-state index contributed by atoms with van der Waals surface area (Å²) in [6, 6.07) is 14.0. The van der Waals surface area contributed by atoms with Gasteiger partial charge in [0.25, 0.3) is 0 Å². The van der Waals surface area contributed by atoms with Gasteiger partial charge in [-0.05, 0) is 63.6 Å². The molecule has 0 saturated heterocycles. The van der Waals surface area contributed by atoms with E-state index in [1.807, 2.05) is 52.0 Å². The average Bonchev–Trinajstić information content (AvgIpc) is 2.60. The molecule has 0 aliphatic heterocycles. The number of thioether (sulfide) groups is 1. The Morgan fingerprint density at radius 3 is 2.30 bits per heavy atom. The van der Waals surface area contributed by atoms with Gasteiger partial charge in [0.15, 0.2) is 5.78 Å². The quantitative estimate of drug-likeness (QED) is 0.311. The second kappa shape index (κ2) is 8.91. The zero-order valence-electron chi connectivity index (χ0n) is 15.9. The van der Waals surface area contributed by atoms with Crippen molar-refractivity contribution >= 4 is 29.6 Å². The van der Waals surface area contributed by atoms with Crippen LogP contribution >= 0.6 is 11.8 Å². The topological polar surface area (TPSA) is 63.6 Å². The van der Waals surface area contributed by atoms with Crippen LogP contribution in [-0.2, 0) is 9.53 Å². The number of benzene rings is 2. The van der Waals surface area contributed by atoms with Crippen LogP contribution in [0.25, 0.3) is 6.08 Å². The van der Waals surface area contributed by atoms with E-state index in [2.05, 4.69) is 0 Å². The molecule has 0 bridgehead atoms. The normalized spacial score (nSPS) is 11.7. The van der Waals surface area contributed by atoms with Gasteiger partial charge >= 0.3 is 5.97 Å². The van der Waals surface area contributed by atoms with E-state index in [9.17, 15) is 14.7 Å². The van der Waals surface area contributed by atoms with Gasteiger partial charge in [-0.2, -0.15) is 0 Å². The Bertz CT molecular complexity index is 836. The highest BCUT2D eigenvalue weighted by Crippen LogP contribution is 2.34. The van der Waals surface area contributed by atoms with Crippen molar-refractivity contribution in [2.75, 3.05) is 0 Å². The van der Waals surface area contributed by atoms with Gasteiger partial charge in [0, 0.05) is 4.90 Å². The van der Waals surface area contributed by atoms with Crippen LogP contribution in [0.3, 0.4) is 0 Å². The van der Waals surface area contributed by atoms with E-state index in [0.29, 0.717) is 0 Å². The van der Waals surface area contributed by atoms with Gasteiger partial charge in [-0.25, -0.2) is 0 Å². The molecule has 0 unspecified atom stereocenters. The van der Waals surface area contributed by atoms with E-state index in [4.69, 9.17) is 4.74 Å². The molecule has 4 nitrogen and oxygen atoms in total. The molecular weight excluding hydrogens is 360 g/mol. The van der Waals surface area contributed by atoms with E-state index in [-0.39, 0.29) is 29.2 Å². The fourth-order valence-corrected chi connectivity index (χ4v) is 3.28. The largest absolute Gasteiger partial charge is 0.507 e. The number of carbonyl (C=O) groups is 2. The highest BCUT2D eigenvalue weighted by atomic mass is 32.2. The van der Waals surface area contributed by atoms with Gasteiger partial charge in [0.05, 0.1) is 11.7 Å². The third-order valence-electron chi connectivity index (χ3n) is 3.68. The minimum Gasteiger partial charge on any atom is -0.507 e. The molecule has 0 saturated carbocycles. The Balaban J connectivity index is 2.04. The number of ketones is 1. The summed E-state index contributed by atoms with van der Waals surface area (Å²) in [5.41, 5.74) is 1.12. The first-order valence-corrected chi connectivity index (χ1v) is 9.51. The smallest absolute Gasteiger partial charge is 0.322 e. The highest BCUT2D eigenvalue weighted by molar-refractivity contribution is 8.01. The number of esters is 1. The van der Waals surface area contributed by atoms with Crippen LogP contribution in [0.1, 0.15) is 43.6 Å². The van der Waals surface area contributed by atoms with Crippen LogP contribution in [0, 0.1) is 0 Å². The molecule has 0 spiro atoms. The first kappa shape index (κ1) is 20.8. The number of allylic oxidation sites excluding steroid dienone is 1. The van der Waals surface area contributed by atoms with Crippen molar-refractivity contribution in [3.8, 4) is 5.75 Å². The lowest BCUT2D eigenvalue weighted by atomic mass is 10.1. The van der Waals surface area contributed by atoms with Gasteiger partial charge in [-0.3, -0.25) is 9.59 Å². The van der Waals surface area contributed by atoms with Crippen molar-refractivity contribution in [3.05, 3.63) is 65.7 Å². The van der Waals surface area contributed by atoms with Crippen molar-refractivity contribution in [1.82, 2.24) is 0 Å². The predicted molar refractivity (Wildman–Crippen MR) is 109 cm³/mol. The summed E-state index contributed by atoms with van der Waals surface area (Å²) in [4.78, 5) is 25.3. The molecule has 142 valence electrons. The zero-order chi connectivity index (χ0) is 20.0. The van der Waals surface area contributed by atoms with E-state index in [1.165, 1.54) is 23.9 Å². The Morgan fingerprint density at radius 1 is 1.07 bits per heavy atom. The molecule has 0 heterocycles. The SMILES string of the molecule is CC(C)OC(=O)C(C)(C)Sc1ccc(/C=C/C(=O)c2ccccc2O)cc1. The van der Waals surface area contributed by atoms with Crippen LogP contribution in [-0.4, -0.2) is 27.7 Å². The molecule has 0 amide bonds. The Morgan fingerprint density at radius 2 is 1.70 bits per heavy atom. The number of carbonyl (C=O) groups excluding carboxylic acids is 2. The van der Waals surface area contributed by atoms with Gasteiger partial charge in [-0.15, -0.1) is 11.8 Å². The van der Waals surface area contributed by atoms with Gasteiger partial charge in [-0.1, -0.05) is 30.3 Å². The Labute approximate surface area is 164 Å². The molecule has 0 aliphatic carbocycles. The third-order valence-corrected chi connectivity index (χ3v) is 4.87. The molecule has 2 aromatic rings. The van der Waals surface area contributed by atoms with E-state index in [0.717, 1.165) is 10.5 Å². The van der Waals surface area contributed by atoms with Gasteiger partial charge in [0.1, 0.15) is 10.5 Å². The first-order valence-electron chi connectivity index (χ1n) is 8.69. The number of phenolic OH excluding ortho intramolecular Hbond substituents is 1. The minimum absolute atomic E-state index is 0.0330. The number of rotatable bonds is 7. The first-order chi connectivity index (χ1) is 12.7. The molecule has 5 heteroatoms. The van der Waals surface area contributed by atoms with Crippen molar-refractivity contribution in [2.45, 2.75) is 43.4 Å². The van der Waals surface area contributed by atoms with Crippen molar-refractivity contribution in [3.63, 3.8) is 0 Å². The second-order valence-corrected chi connectivity index (χ2v) is 8.55. The number of hydrogen-bond donors (Lipinski definition) is 1. The second-order valence-electron chi connectivity index (χ2n) is 6.85. The van der Waals surface area contributed by atoms with Crippen LogP contribution < -0.4 is 0 Å². The third kappa shape index (κ3) is 6.00. The average molecular weight is 384 g/mol. The molecule has 1 N–H and O–H groups in total. The molecule has 2 rings (SSSR count). The standard InChI is InChI=1S/C22H24O4S/c1-15(2)26-21(25)22(3,4)27-17-12-9-16(10-13-17)11-14-20(24)18-7-5-6-8-19(18)23/h5-15,23H,1-4H3/b14-11+. The Hall–Kier alpha value is -2.53. The summed E-state index contributed by atoms with van der Waals surface area (Å²) in [7, 11) is 0. The molecule has 2 aromatic carbocycles. The van der Waals surface area contributed by atoms with E-state index >= 15 is 0 Å². The fourth-order valence-electron chi connectivity index (χ4n) is 2.28. The highest BCUT2D eigenvalue weighted by Gasteiger charge is 2.31. The van der Waals surface area contributed by atoms with Crippen LogP contribution in [0.4, 0.5) is 0 Å². The summed E-state index contributed by atoms with van der Waals surface area (Å²) in [6.45, 7) is 7.33. The molecule has 0 aliphatic rings. The predicted octanol–water partition coefficient (Wildman–Crippen LogP) is 5.11. The molecule has 0 aromatic heterocycles. The van der Waals surface area contributed by atoms with Gasteiger partial charge in [0.2, 0.25) is 0 Å². The van der Waals surface area contributed by atoms with E-state index < -0.39 is 4.75 Å². The lowest BCUT2D eigenvalue weighted by Crippen LogP contribution is -2.31. The number of para-hydroxylation sites is 1. The minimum atomic E-state index is -0.692. The summed E-state index contributed by atoms with van der Waals surface area (Å²) in [6.07, 6.45) is 2.98. The zero-order valence-corrected chi connectivity index (χ0v) is 16.7. The fraction of sp³-hybridized carbons (Fsp3) is 0.273. The number of hydrogen-bond acceptors (Lipinski definition) is 5. The monoisotopic (exact) mass is 384 g/mol. The van der Waals surface area contributed by atoms with Gasteiger partial charge < -0.3 is 9.84 Å². The van der Waals surface area contributed by atoms with Crippen LogP contribution in [0.5, 0.6) is 5.75 Å². The lowest BCUT2D eigenvalue weighted by Gasteiger charge is -2.23. The maximum atomic E-state index is 12.2. The number of ether oxygens (including phenoxy) is 1. The van der Waals surface area contributed by atoms with Crippen molar-refractivity contribution in [2.24, 2.45) is 0 Å². The molecular formula is C22H24O4S. The molecule has 0 radical (unpaired) electrons. The van der Waals surface area contributed by atoms with Crippen LogP contribution in [0.2, 0.25) is 0 Å². The molecule has 0 atom stereocenters. The summed E-state index contributed by atoms with van der Waals surface area (Å²) >= 11 is 1.43. The maximum absolute atomic E-state index is 12.2. The number of phenols is 1. The Kier molecular flexibility index (Phi) is 6.86. The maximum Gasteiger partial charge on any atom is 0.322 e. The lowest BCUT2D eigenvalue weighted by molar-refractivity contribution is -0.149.